The number of hydrogen-bond donors (Lipinski definition) is 0. The van der Waals surface area contributed by atoms with Crippen molar-refractivity contribution in [2.75, 3.05) is 6.61 Å². The predicted molar refractivity (Wildman–Crippen MR) is 121 cm³/mol. The molecule has 5 rings (SSSR count). The highest BCUT2D eigenvalue weighted by Gasteiger charge is 2.16. The molecule has 0 radical (unpaired) electrons. The molecule has 7 nitrogen and oxygen atoms in total. The molecular formula is C25H22FN5O2. The average molecular weight is 443 g/mol. The summed E-state index contributed by atoms with van der Waals surface area (Å²) >= 11 is 0. The van der Waals surface area contributed by atoms with Crippen molar-refractivity contribution in [1.29, 1.82) is 0 Å². The Labute approximate surface area is 190 Å². The van der Waals surface area contributed by atoms with Crippen LogP contribution in [0.5, 0.6) is 5.75 Å². The van der Waals surface area contributed by atoms with Crippen LogP contribution in [0.25, 0.3) is 34.0 Å². The van der Waals surface area contributed by atoms with E-state index in [1.807, 2.05) is 30.3 Å². The third-order valence-corrected chi connectivity index (χ3v) is 5.22. The number of halogens is 1. The first-order valence-corrected chi connectivity index (χ1v) is 10.8. The van der Waals surface area contributed by atoms with E-state index in [0.717, 1.165) is 29.8 Å². The van der Waals surface area contributed by atoms with Crippen LogP contribution >= 0.6 is 0 Å². The van der Waals surface area contributed by atoms with E-state index in [1.54, 1.807) is 35.3 Å². The van der Waals surface area contributed by atoms with Gasteiger partial charge in [0, 0.05) is 11.6 Å². The normalized spacial score (nSPS) is 11.2. The van der Waals surface area contributed by atoms with Crippen LogP contribution in [0.15, 0.2) is 71.5 Å². The molecule has 0 spiro atoms. The van der Waals surface area contributed by atoms with E-state index < -0.39 is 0 Å². The molecule has 1 aromatic heterocycles. The summed E-state index contributed by atoms with van der Waals surface area (Å²) in [7, 11) is 0. The van der Waals surface area contributed by atoms with Gasteiger partial charge in [0.05, 0.1) is 24.6 Å². The predicted octanol–water partition coefficient (Wildman–Crippen LogP) is 5.47. The molecule has 0 fully saturated rings. The Balaban J connectivity index is 1.30. The Morgan fingerprint density at radius 2 is 1.82 bits per heavy atom. The van der Waals surface area contributed by atoms with Crippen LogP contribution in [-0.4, -0.2) is 31.5 Å². The van der Waals surface area contributed by atoms with Gasteiger partial charge < -0.3 is 9.26 Å². The van der Waals surface area contributed by atoms with Gasteiger partial charge in [0.25, 0.3) is 0 Å². The summed E-state index contributed by atoms with van der Waals surface area (Å²) in [6.45, 7) is 3.23. The van der Waals surface area contributed by atoms with Gasteiger partial charge in [0.2, 0.25) is 0 Å². The lowest BCUT2D eigenvalue weighted by Gasteiger charge is -2.05. The molecule has 2 aromatic carbocycles. The van der Waals surface area contributed by atoms with Gasteiger partial charge >= 0.3 is 0 Å². The molecule has 0 N–H and O–H groups in total. The largest absolute Gasteiger partial charge is 0.494 e. The van der Waals surface area contributed by atoms with Gasteiger partial charge in [-0.2, -0.15) is 5.10 Å². The fourth-order valence-corrected chi connectivity index (χ4v) is 3.45. The Hall–Kier alpha value is -4.07. The summed E-state index contributed by atoms with van der Waals surface area (Å²) in [4.78, 5) is 8.86. The quantitative estimate of drug-likeness (QED) is 0.296. The first kappa shape index (κ1) is 20.8. The summed E-state index contributed by atoms with van der Waals surface area (Å²) in [5.41, 5.74) is 3.27. The highest BCUT2D eigenvalue weighted by molar-refractivity contribution is 5.65. The minimum Gasteiger partial charge on any atom is -0.494 e. The zero-order valence-corrected chi connectivity index (χ0v) is 18.1. The molecular weight excluding hydrogens is 421 g/mol. The third-order valence-electron chi connectivity index (χ3n) is 5.22. The van der Waals surface area contributed by atoms with Crippen LogP contribution in [-0.2, 0) is 6.54 Å². The van der Waals surface area contributed by atoms with Gasteiger partial charge in [-0.3, -0.25) is 4.68 Å². The van der Waals surface area contributed by atoms with E-state index in [4.69, 9.17) is 9.26 Å². The Bertz CT molecular complexity index is 1330. The lowest BCUT2D eigenvalue weighted by atomic mass is 10.1. The summed E-state index contributed by atoms with van der Waals surface area (Å²) in [6.07, 6.45) is 5.51. The molecule has 166 valence electrons. The van der Waals surface area contributed by atoms with Crippen molar-refractivity contribution >= 4 is 0 Å². The molecule has 0 aliphatic carbocycles. The van der Waals surface area contributed by atoms with Crippen LogP contribution in [0, 0.1) is 5.82 Å². The van der Waals surface area contributed by atoms with Crippen molar-refractivity contribution in [3.63, 3.8) is 0 Å². The Kier molecular flexibility index (Phi) is 5.80. The number of imidazole rings is 1. The molecule has 0 unspecified atom stereocenters. The minimum atomic E-state index is -0.358. The first-order chi connectivity index (χ1) is 16.2. The monoisotopic (exact) mass is 443 g/mol. The molecule has 0 bridgehead atoms. The molecule has 8 heteroatoms. The van der Waals surface area contributed by atoms with Crippen molar-refractivity contribution in [2.45, 2.75) is 26.3 Å². The lowest BCUT2D eigenvalue weighted by molar-refractivity contribution is 0.309. The molecule has 0 amide bonds. The molecule has 3 heterocycles. The maximum Gasteiger partial charge on any atom is 0.163 e. The highest BCUT2D eigenvalue weighted by Crippen LogP contribution is 2.26. The number of ether oxygens (including phenoxy) is 1. The van der Waals surface area contributed by atoms with Crippen molar-refractivity contribution < 1.29 is 13.7 Å². The van der Waals surface area contributed by atoms with Crippen LogP contribution < -0.4 is 4.74 Å². The molecule has 3 aromatic rings. The number of benzene rings is 2. The molecule has 0 saturated heterocycles. The molecule has 2 aliphatic rings. The number of hydrogen-bond acceptors (Lipinski definition) is 6. The van der Waals surface area contributed by atoms with E-state index in [1.165, 1.54) is 6.07 Å². The van der Waals surface area contributed by atoms with Crippen LogP contribution in [0.3, 0.4) is 0 Å². The van der Waals surface area contributed by atoms with Gasteiger partial charge in [-0.25, -0.2) is 14.4 Å². The molecule has 0 atom stereocenters. The fraction of sp³-hybridized carbons (Fsp3) is 0.200. The SMILES string of the molecule is CCCCOc1ccc(-c2cc(Cn3cc4nc(-c5ccccc5F)nc-4cn3)on2)cc1. The van der Waals surface area contributed by atoms with Gasteiger partial charge in [0.15, 0.2) is 11.6 Å². The van der Waals surface area contributed by atoms with Crippen LogP contribution in [0.2, 0.25) is 0 Å². The second-order valence-corrected chi connectivity index (χ2v) is 7.67. The fourth-order valence-electron chi connectivity index (χ4n) is 3.45. The van der Waals surface area contributed by atoms with Gasteiger partial charge in [-0.15, -0.1) is 0 Å². The van der Waals surface area contributed by atoms with Crippen molar-refractivity contribution in [3.8, 4) is 39.8 Å². The summed E-state index contributed by atoms with van der Waals surface area (Å²) < 4.78 is 27.0. The smallest absolute Gasteiger partial charge is 0.163 e. The van der Waals surface area contributed by atoms with E-state index in [-0.39, 0.29) is 5.82 Å². The number of aromatic nitrogens is 5. The highest BCUT2D eigenvalue weighted by atomic mass is 19.1. The summed E-state index contributed by atoms with van der Waals surface area (Å²) in [6, 6.07) is 16.1. The Morgan fingerprint density at radius 1 is 1.00 bits per heavy atom. The lowest BCUT2D eigenvalue weighted by Crippen LogP contribution is -2.04. The molecule has 0 saturated carbocycles. The van der Waals surface area contributed by atoms with E-state index >= 15 is 0 Å². The second-order valence-electron chi connectivity index (χ2n) is 7.67. The van der Waals surface area contributed by atoms with Gasteiger partial charge in [-0.05, 0) is 42.8 Å². The number of unbranched alkanes of at least 4 members (excludes halogenated alkanes) is 1. The van der Waals surface area contributed by atoms with Crippen LogP contribution in [0.1, 0.15) is 25.5 Å². The topological polar surface area (TPSA) is 78.9 Å². The second kappa shape index (κ2) is 9.20. The van der Waals surface area contributed by atoms with E-state index in [9.17, 15) is 4.39 Å². The van der Waals surface area contributed by atoms with Gasteiger partial charge in [-0.1, -0.05) is 30.6 Å². The Morgan fingerprint density at radius 3 is 2.64 bits per heavy atom. The number of fused-ring (bicyclic) bond motifs is 1. The summed E-state index contributed by atoms with van der Waals surface area (Å²) in [5.74, 6) is 1.48. The number of rotatable bonds is 8. The number of nitrogens with zero attached hydrogens (tertiary/aromatic N) is 5. The summed E-state index contributed by atoms with van der Waals surface area (Å²) in [5, 5.41) is 8.55. The standard InChI is InChI=1S/C25H22FN5O2/c1-2-3-12-32-18-10-8-17(9-11-18)22-13-19(33-30-22)15-31-16-24-23(14-27-31)28-25(29-24)20-6-4-5-7-21(20)26/h4-11,13-14,16H,2-3,12,15H2,1H3. The van der Waals surface area contributed by atoms with Crippen molar-refractivity contribution in [3.05, 3.63) is 78.6 Å². The minimum absolute atomic E-state index is 0.340. The third kappa shape index (κ3) is 4.59. The van der Waals surface area contributed by atoms with E-state index in [2.05, 4.69) is 27.1 Å². The average Bonchev–Trinajstić information content (AvgIpc) is 3.47. The maximum absolute atomic E-state index is 14.1. The molecule has 2 aliphatic heterocycles. The molecule has 33 heavy (non-hydrogen) atoms. The van der Waals surface area contributed by atoms with Crippen molar-refractivity contribution in [1.82, 2.24) is 24.9 Å². The van der Waals surface area contributed by atoms with Crippen LogP contribution in [0.4, 0.5) is 4.39 Å². The zero-order chi connectivity index (χ0) is 22.6. The van der Waals surface area contributed by atoms with Gasteiger partial charge in [0.1, 0.15) is 35.2 Å². The first-order valence-electron chi connectivity index (χ1n) is 10.8. The van der Waals surface area contributed by atoms with E-state index in [0.29, 0.717) is 41.7 Å². The maximum atomic E-state index is 14.1. The zero-order valence-electron chi connectivity index (χ0n) is 18.1. The van der Waals surface area contributed by atoms with Crippen molar-refractivity contribution in [2.24, 2.45) is 0 Å².